The molecule has 1 rings (SSSR count). The molecule has 6 heteroatoms. The van der Waals surface area contributed by atoms with Crippen molar-refractivity contribution < 1.29 is 18.2 Å². The summed E-state index contributed by atoms with van der Waals surface area (Å²) in [5.41, 5.74) is 0. The fourth-order valence-electron chi connectivity index (χ4n) is 0.988. The minimum Gasteiger partial charge on any atom is -0.497 e. The van der Waals surface area contributed by atoms with Crippen LogP contribution in [0.2, 0.25) is 0 Å². The molecule has 0 amide bonds. The van der Waals surface area contributed by atoms with Crippen molar-refractivity contribution in [1.82, 2.24) is 0 Å². The van der Waals surface area contributed by atoms with Crippen LogP contribution in [0.5, 0.6) is 11.5 Å². The van der Waals surface area contributed by atoms with Crippen LogP contribution in [0.15, 0.2) is 23.1 Å². The van der Waals surface area contributed by atoms with Crippen molar-refractivity contribution in [1.29, 1.82) is 0 Å². The Bertz CT molecular complexity index is 425. The van der Waals surface area contributed by atoms with E-state index in [9.17, 15) is 8.76 Å². The molecule has 1 aromatic carbocycles. The molecule has 0 aromatic heterocycles. The molecule has 0 aliphatic carbocycles. The van der Waals surface area contributed by atoms with Gasteiger partial charge in [0.15, 0.2) is 8.77 Å². The van der Waals surface area contributed by atoms with E-state index in [2.05, 4.69) is 11.2 Å². The SMILES string of the molecule is COc1ccc(S(=O)(O)=S)c(OC)c1. The Balaban J connectivity index is 3.33. The summed E-state index contributed by atoms with van der Waals surface area (Å²) in [4.78, 5) is 0.0933. The third kappa shape index (κ3) is 2.34. The highest BCUT2D eigenvalue weighted by atomic mass is 32.8. The van der Waals surface area contributed by atoms with Crippen LogP contribution in [0, 0.1) is 0 Å². The predicted molar refractivity (Wildman–Crippen MR) is 55.9 cm³/mol. The largest absolute Gasteiger partial charge is 0.497 e. The van der Waals surface area contributed by atoms with Crippen LogP contribution in [0.25, 0.3) is 0 Å². The first kappa shape index (κ1) is 11.2. The highest BCUT2D eigenvalue weighted by molar-refractivity contribution is 8.29. The van der Waals surface area contributed by atoms with E-state index < -0.39 is 8.77 Å². The van der Waals surface area contributed by atoms with Crippen molar-refractivity contribution in [2.45, 2.75) is 4.90 Å². The summed E-state index contributed by atoms with van der Waals surface area (Å²) in [6, 6.07) is 4.49. The summed E-state index contributed by atoms with van der Waals surface area (Å²) in [6.45, 7) is 0. The van der Waals surface area contributed by atoms with E-state index in [1.54, 1.807) is 6.07 Å². The second kappa shape index (κ2) is 4.12. The molecule has 1 N–H and O–H groups in total. The van der Waals surface area contributed by atoms with E-state index >= 15 is 0 Å². The molecule has 1 atom stereocenters. The summed E-state index contributed by atoms with van der Waals surface area (Å²) >= 11 is 4.45. The van der Waals surface area contributed by atoms with E-state index in [0.29, 0.717) is 5.75 Å². The number of benzene rings is 1. The molecule has 4 nitrogen and oxygen atoms in total. The number of ether oxygens (including phenoxy) is 2. The third-order valence-corrected chi connectivity index (χ3v) is 3.08. The highest BCUT2D eigenvalue weighted by Crippen LogP contribution is 2.28. The Morgan fingerprint density at radius 2 is 2.00 bits per heavy atom. The van der Waals surface area contributed by atoms with E-state index in [-0.39, 0.29) is 10.6 Å². The van der Waals surface area contributed by atoms with Gasteiger partial charge in [0.05, 0.1) is 14.2 Å². The number of rotatable bonds is 3. The third-order valence-electron chi connectivity index (χ3n) is 1.65. The number of methoxy groups -OCH3 is 2. The average Bonchev–Trinajstić information content (AvgIpc) is 2.15. The normalized spacial score (nSPS) is 14.5. The second-order valence-corrected chi connectivity index (χ2v) is 5.24. The van der Waals surface area contributed by atoms with E-state index in [4.69, 9.17) is 9.47 Å². The Kier molecular flexibility index (Phi) is 3.30. The van der Waals surface area contributed by atoms with Crippen LogP contribution in [-0.4, -0.2) is 23.0 Å². The Labute approximate surface area is 87.3 Å². The summed E-state index contributed by atoms with van der Waals surface area (Å²) in [5.74, 6) is 0.802. The molecule has 0 heterocycles. The highest BCUT2D eigenvalue weighted by Gasteiger charge is 2.13. The topological polar surface area (TPSA) is 55.8 Å². The zero-order chi connectivity index (χ0) is 10.8. The summed E-state index contributed by atoms with van der Waals surface area (Å²) in [7, 11) is -0.518. The smallest absolute Gasteiger partial charge is 0.174 e. The van der Waals surface area contributed by atoms with Gasteiger partial charge in [-0.3, -0.25) is 0 Å². The van der Waals surface area contributed by atoms with Crippen LogP contribution in [-0.2, 0) is 20.0 Å². The van der Waals surface area contributed by atoms with Gasteiger partial charge in [0.1, 0.15) is 16.4 Å². The molecule has 0 spiro atoms. The molecule has 0 aliphatic heterocycles. The summed E-state index contributed by atoms with van der Waals surface area (Å²) in [5, 5.41) is 0. The first-order chi connectivity index (χ1) is 6.49. The van der Waals surface area contributed by atoms with Crippen molar-refractivity contribution >= 4 is 20.0 Å². The lowest BCUT2D eigenvalue weighted by atomic mass is 10.3. The first-order valence-corrected chi connectivity index (χ1v) is 6.12. The Hall–Kier alpha value is -0.850. The van der Waals surface area contributed by atoms with Crippen LogP contribution in [0.4, 0.5) is 0 Å². The first-order valence-electron chi connectivity index (χ1n) is 3.68. The lowest BCUT2D eigenvalue weighted by Crippen LogP contribution is -2.00. The molecule has 1 unspecified atom stereocenters. The molecule has 0 saturated carbocycles. The van der Waals surface area contributed by atoms with E-state index in [0.717, 1.165) is 0 Å². The van der Waals surface area contributed by atoms with Gasteiger partial charge in [-0.2, -0.15) is 0 Å². The Morgan fingerprint density at radius 1 is 1.36 bits per heavy atom. The zero-order valence-electron chi connectivity index (χ0n) is 7.72. The molecular weight excluding hydrogens is 224 g/mol. The van der Waals surface area contributed by atoms with Gasteiger partial charge in [0.2, 0.25) is 0 Å². The van der Waals surface area contributed by atoms with Crippen molar-refractivity contribution in [2.24, 2.45) is 0 Å². The maximum Gasteiger partial charge on any atom is 0.174 e. The average molecular weight is 234 g/mol. The molecule has 0 aliphatic rings. The molecule has 0 bridgehead atoms. The van der Waals surface area contributed by atoms with Gasteiger partial charge < -0.3 is 14.0 Å². The lowest BCUT2D eigenvalue weighted by molar-refractivity contribution is 0.385. The molecule has 0 saturated heterocycles. The standard InChI is InChI=1S/C8H10O4S2/c1-11-6-3-4-8(14(9,10)13)7(5-6)12-2/h3-5H,1-2H3,(H,9,10,13). The zero-order valence-corrected chi connectivity index (χ0v) is 9.35. The predicted octanol–water partition coefficient (Wildman–Crippen LogP) is 1.28. The van der Waals surface area contributed by atoms with Crippen molar-refractivity contribution in [2.75, 3.05) is 14.2 Å². The monoisotopic (exact) mass is 234 g/mol. The molecular formula is C8H10O4S2. The maximum atomic E-state index is 11.2. The molecule has 14 heavy (non-hydrogen) atoms. The van der Waals surface area contributed by atoms with Crippen molar-refractivity contribution in [3.63, 3.8) is 0 Å². The summed E-state index contributed by atoms with van der Waals surface area (Å²) < 4.78 is 30.3. The van der Waals surface area contributed by atoms with E-state index in [1.807, 2.05) is 0 Å². The summed E-state index contributed by atoms with van der Waals surface area (Å²) in [6.07, 6.45) is 0. The van der Waals surface area contributed by atoms with Crippen molar-refractivity contribution in [3.05, 3.63) is 18.2 Å². The molecule has 0 fully saturated rings. The fraction of sp³-hybridized carbons (Fsp3) is 0.250. The van der Waals surface area contributed by atoms with Gasteiger partial charge in [0, 0.05) is 17.3 Å². The molecule has 78 valence electrons. The number of hydrogen-bond acceptors (Lipinski definition) is 4. The number of hydrogen-bond donors (Lipinski definition) is 1. The molecule has 0 radical (unpaired) electrons. The van der Waals surface area contributed by atoms with Gasteiger partial charge in [-0.1, -0.05) is 0 Å². The quantitative estimate of drug-likeness (QED) is 0.854. The fourth-order valence-corrected chi connectivity index (χ4v) is 2.04. The lowest BCUT2D eigenvalue weighted by Gasteiger charge is -2.08. The van der Waals surface area contributed by atoms with Gasteiger partial charge in [-0.15, -0.1) is 0 Å². The maximum absolute atomic E-state index is 11.2. The minimum atomic E-state index is -3.42. The molecule has 1 aromatic rings. The minimum absolute atomic E-state index is 0.0933. The van der Waals surface area contributed by atoms with E-state index in [1.165, 1.54) is 26.4 Å². The van der Waals surface area contributed by atoms with Crippen molar-refractivity contribution in [3.8, 4) is 11.5 Å². The van der Waals surface area contributed by atoms with Crippen LogP contribution >= 0.6 is 0 Å². The van der Waals surface area contributed by atoms with Crippen LogP contribution < -0.4 is 9.47 Å². The van der Waals surface area contributed by atoms with Crippen LogP contribution in [0.3, 0.4) is 0 Å². The van der Waals surface area contributed by atoms with Gasteiger partial charge >= 0.3 is 0 Å². The second-order valence-electron chi connectivity index (χ2n) is 2.49. The van der Waals surface area contributed by atoms with Gasteiger partial charge in [0.25, 0.3) is 0 Å². The van der Waals surface area contributed by atoms with Gasteiger partial charge in [-0.05, 0) is 12.1 Å². The van der Waals surface area contributed by atoms with Crippen LogP contribution in [0.1, 0.15) is 0 Å². The van der Waals surface area contributed by atoms with Gasteiger partial charge in [-0.25, -0.2) is 4.21 Å². The Morgan fingerprint density at radius 3 is 2.43 bits per heavy atom.